The van der Waals surface area contributed by atoms with E-state index in [2.05, 4.69) is 5.10 Å². The zero-order valence-electron chi connectivity index (χ0n) is 11.8. The Bertz CT molecular complexity index is 797. The molecular formula is C16H15N3O2S. The van der Waals surface area contributed by atoms with Crippen LogP contribution < -0.4 is 4.74 Å². The molecule has 0 aliphatic carbocycles. The summed E-state index contributed by atoms with van der Waals surface area (Å²) in [7, 11) is 0. The summed E-state index contributed by atoms with van der Waals surface area (Å²) in [4.78, 5) is 0. The van der Waals surface area contributed by atoms with E-state index < -0.39 is 0 Å². The van der Waals surface area contributed by atoms with Crippen molar-refractivity contribution in [3.8, 4) is 11.4 Å². The number of nitrogens with zero attached hydrogens (tertiary/aromatic N) is 3. The van der Waals surface area contributed by atoms with Gasteiger partial charge in [0.15, 0.2) is 5.82 Å². The fraction of sp³-hybridized carbons (Fsp3) is 0.125. The second-order valence-corrected chi connectivity index (χ2v) is 4.98. The number of aliphatic hydroxyl groups excluding tert-OH is 1. The van der Waals surface area contributed by atoms with Gasteiger partial charge >= 0.3 is 0 Å². The van der Waals surface area contributed by atoms with Crippen molar-refractivity contribution in [1.29, 1.82) is 0 Å². The molecule has 3 aromatic rings. The molecule has 112 valence electrons. The van der Waals surface area contributed by atoms with E-state index in [1.54, 1.807) is 4.57 Å². The highest BCUT2D eigenvalue weighted by molar-refractivity contribution is 7.71. The van der Waals surface area contributed by atoms with Gasteiger partial charge in [-0.3, -0.25) is 4.57 Å². The van der Waals surface area contributed by atoms with Crippen LogP contribution in [-0.4, -0.2) is 19.5 Å². The van der Waals surface area contributed by atoms with Crippen LogP contribution in [0.1, 0.15) is 5.82 Å². The molecule has 6 heteroatoms. The van der Waals surface area contributed by atoms with Crippen LogP contribution in [0, 0.1) is 4.77 Å². The Morgan fingerprint density at radius 1 is 1.00 bits per heavy atom. The number of aromatic nitrogens is 3. The van der Waals surface area contributed by atoms with Crippen molar-refractivity contribution < 1.29 is 9.84 Å². The summed E-state index contributed by atoms with van der Waals surface area (Å²) in [6, 6.07) is 19.2. The van der Waals surface area contributed by atoms with E-state index in [9.17, 15) is 5.11 Å². The van der Waals surface area contributed by atoms with Crippen molar-refractivity contribution in [1.82, 2.24) is 14.3 Å². The van der Waals surface area contributed by atoms with Gasteiger partial charge in [0.1, 0.15) is 19.1 Å². The summed E-state index contributed by atoms with van der Waals surface area (Å²) in [5, 5.41) is 13.7. The second-order valence-electron chi connectivity index (χ2n) is 4.61. The van der Waals surface area contributed by atoms with Gasteiger partial charge in [-0.15, -0.1) is 0 Å². The number of aliphatic hydroxyl groups is 1. The fourth-order valence-electron chi connectivity index (χ4n) is 2.14. The number of ether oxygens (including phenoxy) is 1. The lowest BCUT2D eigenvalue weighted by Gasteiger charge is -2.08. The molecule has 0 aliphatic rings. The molecule has 0 atom stereocenters. The molecule has 0 aliphatic heterocycles. The first-order chi connectivity index (χ1) is 10.8. The van der Waals surface area contributed by atoms with E-state index in [0.717, 1.165) is 11.4 Å². The van der Waals surface area contributed by atoms with Gasteiger partial charge in [-0.05, 0) is 36.5 Å². The third-order valence-electron chi connectivity index (χ3n) is 3.17. The van der Waals surface area contributed by atoms with Crippen LogP contribution in [0.4, 0.5) is 0 Å². The Labute approximate surface area is 133 Å². The molecule has 0 spiro atoms. The van der Waals surface area contributed by atoms with E-state index >= 15 is 0 Å². The summed E-state index contributed by atoms with van der Waals surface area (Å²) in [5.74, 6) is 1.39. The zero-order valence-corrected chi connectivity index (χ0v) is 12.6. The maximum atomic E-state index is 9.37. The van der Waals surface area contributed by atoms with Gasteiger partial charge in [0.05, 0.1) is 0 Å². The summed E-state index contributed by atoms with van der Waals surface area (Å²) in [5.41, 5.74) is 0.888. The Morgan fingerprint density at radius 2 is 1.64 bits per heavy atom. The molecular weight excluding hydrogens is 298 g/mol. The van der Waals surface area contributed by atoms with Crippen molar-refractivity contribution in [2.24, 2.45) is 0 Å². The molecule has 0 radical (unpaired) electrons. The molecule has 22 heavy (non-hydrogen) atoms. The predicted octanol–water partition coefficient (Wildman–Crippen LogP) is 2.93. The predicted molar refractivity (Wildman–Crippen MR) is 85.4 cm³/mol. The molecule has 1 heterocycles. The van der Waals surface area contributed by atoms with E-state index in [1.807, 2.05) is 60.7 Å². The quantitative estimate of drug-likeness (QED) is 0.736. The second kappa shape index (κ2) is 6.55. The fourth-order valence-corrected chi connectivity index (χ4v) is 2.45. The van der Waals surface area contributed by atoms with Crippen LogP contribution in [0.25, 0.3) is 5.69 Å². The van der Waals surface area contributed by atoms with E-state index in [-0.39, 0.29) is 13.3 Å². The molecule has 3 rings (SSSR count). The monoisotopic (exact) mass is 313 g/mol. The van der Waals surface area contributed by atoms with Gasteiger partial charge in [-0.25, -0.2) is 4.68 Å². The lowest BCUT2D eigenvalue weighted by atomic mass is 10.3. The summed E-state index contributed by atoms with van der Waals surface area (Å²) >= 11 is 5.37. The van der Waals surface area contributed by atoms with Crippen molar-refractivity contribution in [3.05, 3.63) is 71.3 Å². The zero-order chi connectivity index (χ0) is 15.4. The van der Waals surface area contributed by atoms with Crippen molar-refractivity contribution in [3.63, 3.8) is 0 Å². The van der Waals surface area contributed by atoms with Crippen LogP contribution in [0.2, 0.25) is 0 Å². The van der Waals surface area contributed by atoms with E-state index in [1.165, 1.54) is 4.68 Å². The Hall–Kier alpha value is -2.44. The molecule has 0 bridgehead atoms. The Balaban J connectivity index is 1.95. The molecule has 0 saturated carbocycles. The maximum Gasteiger partial charge on any atom is 0.204 e. The van der Waals surface area contributed by atoms with E-state index in [4.69, 9.17) is 17.0 Å². The third-order valence-corrected chi connectivity index (χ3v) is 3.56. The molecule has 1 N–H and O–H groups in total. The number of rotatable bonds is 5. The molecule has 5 nitrogen and oxygen atoms in total. The van der Waals surface area contributed by atoms with Crippen molar-refractivity contribution >= 4 is 12.2 Å². The van der Waals surface area contributed by atoms with Crippen LogP contribution in [0.15, 0.2) is 60.7 Å². The Kier molecular flexibility index (Phi) is 4.32. The highest BCUT2D eigenvalue weighted by Crippen LogP contribution is 2.15. The molecule has 2 aromatic carbocycles. The lowest BCUT2D eigenvalue weighted by molar-refractivity contribution is 0.191. The highest BCUT2D eigenvalue weighted by Gasteiger charge is 2.12. The topological polar surface area (TPSA) is 52.2 Å². The SMILES string of the molecule is OCn1nc(COc2ccccc2)n(-c2ccccc2)c1=S. The van der Waals surface area contributed by atoms with Gasteiger partial charge in [0.2, 0.25) is 4.77 Å². The summed E-state index contributed by atoms with van der Waals surface area (Å²) in [6.07, 6.45) is 0. The van der Waals surface area contributed by atoms with Gasteiger partial charge in [0.25, 0.3) is 0 Å². The van der Waals surface area contributed by atoms with Gasteiger partial charge in [-0.2, -0.15) is 5.10 Å². The number of hydrogen-bond donors (Lipinski definition) is 1. The summed E-state index contributed by atoms with van der Waals surface area (Å²) < 4.78 is 9.34. The largest absolute Gasteiger partial charge is 0.486 e. The number of hydrogen-bond acceptors (Lipinski definition) is 4. The van der Waals surface area contributed by atoms with Crippen LogP contribution in [0.3, 0.4) is 0 Å². The summed E-state index contributed by atoms with van der Waals surface area (Å²) in [6.45, 7) is -0.00739. The molecule has 0 amide bonds. The number of para-hydroxylation sites is 2. The van der Waals surface area contributed by atoms with Crippen LogP contribution >= 0.6 is 12.2 Å². The smallest absolute Gasteiger partial charge is 0.204 e. The van der Waals surface area contributed by atoms with Crippen molar-refractivity contribution in [2.75, 3.05) is 0 Å². The molecule has 1 aromatic heterocycles. The maximum absolute atomic E-state index is 9.37. The van der Waals surface area contributed by atoms with Crippen molar-refractivity contribution in [2.45, 2.75) is 13.3 Å². The normalized spacial score (nSPS) is 10.6. The highest BCUT2D eigenvalue weighted by atomic mass is 32.1. The minimum atomic E-state index is -0.267. The molecule has 0 unspecified atom stereocenters. The molecule has 0 fully saturated rings. The van der Waals surface area contributed by atoms with Gasteiger partial charge < -0.3 is 9.84 Å². The third kappa shape index (κ3) is 2.93. The lowest BCUT2D eigenvalue weighted by Crippen LogP contribution is -2.05. The first kappa shape index (κ1) is 14.5. The van der Waals surface area contributed by atoms with Crippen LogP contribution in [-0.2, 0) is 13.3 Å². The minimum Gasteiger partial charge on any atom is -0.486 e. The first-order valence-electron chi connectivity index (χ1n) is 6.82. The first-order valence-corrected chi connectivity index (χ1v) is 7.23. The molecule has 0 saturated heterocycles. The van der Waals surface area contributed by atoms with Gasteiger partial charge in [0, 0.05) is 5.69 Å². The average molecular weight is 313 g/mol. The Morgan fingerprint density at radius 3 is 2.27 bits per heavy atom. The standard InChI is InChI=1S/C16H15N3O2S/c20-12-18-16(22)19(13-7-3-1-4-8-13)15(17-18)11-21-14-9-5-2-6-10-14/h1-10,20H,11-12H2. The average Bonchev–Trinajstić information content (AvgIpc) is 2.90. The van der Waals surface area contributed by atoms with E-state index in [0.29, 0.717) is 10.6 Å². The van der Waals surface area contributed by atoms with Crippen LogP contribution in [0.5, 0.6) is 5.75 Å². The minimum absolute atomic E-state index is 0.259. The number of benzene rings is 2. The van der Waals surface area contributed by atoms with Gasteiger partial charge in [-0.1, -0.05) is 36.4 Å².